The summed E-state index contributed by atoms with van der Waals surface area (Å²) in [6.45, 7) is 0. The van der Waals surface area contributed by atoms with Gasteiger partial charge in [-0.3, -0.25) is 0 Å². The molecule has 26 valence electrons. The topological polar surface area (TPSA) is 0 Å². The van der Waals surface area contributed by atoms with Crippen LogP contribution in [0.1, 0.15) is 0 Å². The van der Waals surface area contributed by atoms with Crippen molar-refractivity contribution in [2.75, 3.05) is 0 Å². The van der Waals surface area contributed by atoms with Gasteiger partial charge in [0, 0.05) is 5.53 Å². The second-order valence-corrected chi connectivity index (χ2v) is 8.64. The lowest BCUT2D eigenvalue weighted by Crippen LogP contribution is -0.799. The van der Waals surface area contributed by atoms with Crippen molar-refractivity contribution in [2.45, 2.75) is 0 Å². The van der Waals surface area contributed by atoms with Gasteiger partial charge in [-0.1, -0.05) is 7.55 Å². The predicted molar refractivity (Wildman–Crippen MR) is 33.5 cm³/mol. The fourth-order valence-corrected chi connectivity index (χ4v) is 10.5. The summed E-state index contributed by atoms with van der Waals surface area (Å²) in [5, 5.41) is 0. The molecule has 0 aliphatic rings. The van der Waals surface area contributed by atoms with Crippen LogP contribution < -0.4 is 0 Å². The van der Waals surface area contributed by atoms with Crippen LogP contribution in [0.3, 0.4) is 0 Å². The first-order chi connectivity index (χ1) is 2.50. The summed E-state index contributed by atoms with van der Waals surface area (Å²) >= 11 is 0. The minimum Gasteiger partial charge on any atom is -0.0767 e. The molecule has 1 aromatic rings. The van der Waals surface area contributed by atoms with Crippen LogP contribution in [-0.2, 0) is 0 Å². The first kappa shape index (κ1) is 4.23. The summed E-state index contributed by atoms with van der Waals surface area (Å²) in [5.74, 6) is 0. The Morgan fingerprint density at radius 3 is 2.80 bits per heavy atom. The van der Waals surface area contributed by atoms with Crippen molar-refractivity contribution >= 4 is 30.8 Å². The van der Waals surface area contributed by atoms with Gasteiger partial charge in [0.25, 0.3) is 0 Å². The maximum absolute atomic E-state index is 2.31. The van der Waals surface area contributed by atoms with Crippen molar-refractivity contribution in [1.29, 1.82) is 0 Å². The van der Waals surface area contributed by atoms with E-state index in [1.807, 2.05) is 0 Å². The van der Waals surface area contributed by atoms with Gasteiger partial charge in [0.15, 0.2) is 0 Å². The molecule has 0 spiro atoms. The third kappa shape index (κ3) is 1.30. The minimum absolute atomic E-state index is 1.19. The van der Waals surface area contributed by atoms with Crippen LogP contribution in [0.25, 0.3) is 0 Å². The Morgan fingerprint density at radius 1 is 1.60 bits per heavy atom. The Labute approximate surface area is 37.1 Å². The van der Waals surface area contributed by atoms with E-state index in [1.54, 1.807) is 15.4 Å². The van der Waals surface area contributed by atoms with Gasteiger partial charge in [-0.05, 0) is 23.3 Å². The van der Waals surface area contributed by atoms with Gasteiger partial charge in [-0.15, -0.1) is 0 Å². The van der Waals surface area contributed by atoms with Gasteiger partial charge in [0.05, 0.1) is 0 Å². The second-order valence-electron chi connectivity index (χ2n) is 0.560. The zero-order chi connectivity index (χ0) is 3.54. The fraction of sp³-hybridized carbons (Fsp3) is 0. The molecule has 0 N–H and O–H groups in total. The first-order valence-corrected chi connectivity index (χ1v) is 7.37. The molecule has 1 rings (SSSR count). The van der Waals surface area contributed by atoms with Crippen molar-refractivity contribution in [1.82, 2.24) is 0 Å². The molecule has 1 heterocycles. The molecule has 1 atom stereocenters. The number of rotatable bonds is 0. The molecule has 0 bridgehead atoms. The summed E-state index contributed by atoms with van der Waals surface area (Å²) in [6.07, 6.45) is 0. The van der Waals surface area contributed by atoms with Crippen LogP contribution in [-0.4, -0.2) is 0 Å². The van der Waals surface area contributed by atoms with E-state index < -0.39 is 0 Å². The standard InChI is InChI=1S/CH2P4/c1-2-4-5-3-1/h1,4H. The molecule has 0 amide bonds. The molecule has 0 saturated heterocycles. The molecule has 0 fully saturated rings. The Balaban J connectivity index is 3.13. The molecule has 4 heteroatoms. The summed E-state index contributed by atoms with van der Waals surface area (Å²) in [5.41, 5.74) is 2.31. The van der Waals surface area contributed by atoms with Crippen molar-refractivity contribution < 1.29 is 0 Å². The van der Waals surface area contributed by atoms with Gasteiger partial charge in [0.1, 0.15) is 0 Å². The molecule has 1 unspecified atom stereocenters. The zero-order valence-corrected chi connectivity index (χ0v) is 6.10. The Kier molecular flexibility index (Phi) is 1.93. The van der Waals surface area contributed by atoms with E-state index in [0.29, 0.717) is 0 Å². The number of hydrogen-bond acceptors (Lipinski definition) is 0. The summed E-state index contributed by atoms with van der Waals surface area (Å²) in [4.78, 5) is 0. The Bertz CT molecular complexity index is 60.1. The highest BCUT2D eigenvalue weighted by Gasteiger charge is 1.60. The quantitative estimate of drug-likeness (QED) is 0.514. The van der Waals surface area contributed by atoms with Crippen LogP contribution in [0, 0.1) is 0 Å². The lowest BCUT2D eigenvalue weighted by Gasteiger charge is -1.37. The molecule has 1 aromatic heterocycles. The number of hydrogen-bond donors (Lipinski definition) is 0. The third-order valence-electron chi connectivity index (χ3n) is 0.270. The van der Waals surface area contributed by atoms with Crippen LogP contribution in [0.5, 0.6) is 0 Å². The average Bonchev–Trinajstić information content (AvgIpc) is 1.76. The highest BCUT2D eigenvalue weighted by atomic mass is 32.3. The molecule has 5 heavy (non-hydrogen) atoms. The zero-order valence-electron chi connectivity index (χ0n) is 2.42. The highest BCUT2D eigenvalue weighted by molar-refractivity contribution is 8.33. The molecule has 0 aliphatic heterocycles. The lowest BCUT2D eigenvalue weighted by atomic mass is 11.9. The second kappa shape index (κ2) is 2.28. The lowest BCUT2D eigenvalue weighted by molar-refractivity contribution is 3.00. The van der Waals surface area contributed by atoms with Crippen molar-refractivity contribution in [3.05, 3.63) is 5.53 Å². The summed E-state index contributed by atoms with van der Waals surface area (Å²) in [6, 6.07) is 0. The van der Waals surface area contributed by atoms with E-state index in [0.717, 1.165) is 0 Å². The largest absolute Gasteiger partial charge is 0.0767 e. The average molecular weight is 138 g/mol. The highest BCUT2D eigenvalue weighted by Crippen LogP contribution is 2.39. The van der Waals surface area contributed by atoms with E-state index in [9.17, 15) is 0 Å². The minimum atomic E-state index is 1.19. The molecule has 0 aromatic carbocycles. The molecule has 0 saturated carbocycles. The summed E-state index contributed by atoms with van der Waals surface area (Å²) in [7, 11) is 5.92. The van der Waals surface area contributed by atoms with Gasteiger partial charge < -0.3 is 0 Å². The van der Waals surface area contributed by atoms with Crippen molar-refractivity contribution in [2.24, 2.45) is 0 Å². The molecular weight excluding hydrogens is 136 g/mol. The van der Waals surface area contributed by atoms with Crippen LogP contribution in [0.4, 0.5) is 0 Å². The molecule has 0 nitrogen and oxygen atoms in total. The molecular formula is CH2P4. The third-order valence-corrected chi connectivity index (χ3v) is 9.69. The first-order valence-electron chi connectivity index (χ1n) is 1.16. The van der Waals surface area contributed by atoms with Crippen molar-refractivity contribution in [3.8, 4) is 0 Å². The van der Waals surface area contributed by atoms with E-state index >= 15 is 0 Å². The summed E-state index contributed by atoms with van der Waals surface area (Å²) < 4.78 is 0. The van der Waals surface area contributed by atoms with Gasteiger partial charge in [0.2, 0.25) is 0 Å². The van der Waals surface area contributed by atoms with Crippen LogP contribution in [0.15, 0.2) is 5.53 Å². The van der Waals surface area contributed by atoms with E-state index in [2.05, 4.69) is 5.53 Å². The SMILES string of the molecule is c1pp[pH]p1. The molecule has 0 aliphatic carbocycles. The maximum atomic E-state index is 2.31. The monoisotopic (exact) mass is 138 g/mol. The smallest absolute Gasteiger partial charge is 0.00168 e. The normalized spacial score (nSPS) is 14.4. The van der Waals surface area contributed by atoms with Crippen LogP contribution in [0.2, 0.25) is 0 Å². The van der Waals surface area contributed by atoms with Gasteiger partial charge in [-0.25, -0.2) is 0 Å². The fourth-order valence-electron chi connectivity index (χ4n) is 0.129. The van der Waals surface area contributed by atoms with Gasteiger partial charge in [-0.2, -0.15) is 0 Å². The van der Waals surface area contributed by atoms with Crippen LogP contribution >= 0.6 is 30.8 Å². The predicted octanol–water partition coefficient (Wildman–Crippen LogP) is 3.46. The Morgan fingerprint density at radius 2 is 2.60 bits per heavy atom. The van der Waals surface area contributed by atoms with E-state index in [-0.39, 0.29) is 0 Å². The maximum Gasteiger partial charge on any atom is 0.00168 e. The van der Waals surface area contributed by atoms with E-state index in [1.165, 1.54) is 15.4 Å². The van der Waals surface area contributed by atoms with Crippen molar-refractivity contribution in [3.63, 3.8) is 0 Å². The Hall–Kier alpha value is 1.07. The van der Waals surface area contributed by atoms with Gasteiger partial charge >= 0.3 is 0 Å². The van der Waals surface area contributed by atoms with E-state index in [4.69, 9.17) is 0 Å². The molecule has 0 radical (unpaired) electrons.